The average molecular weight is 423 g/mol. The number of nitrogens with one attached hydrogen (secondary N) is 2. The Morgan fingerprint density at radius 1 is 0.964 bits per heavy atom. The molecule has 0 saturated carbocycles. The molecule has 0 aliphatic rings. The van der Waals surface area contributed by atoms with Gasteiger partial charge in [-0.25, -0.2) is 0 Å². The Morgan fingerprint density at radius 3 is 2.36 bits per heavy atom. The summed E-state index contributed by atoms with van der Waals surface area (Å²) in [5.74, 6) is -1.42. The van der Waals surface area contributed by atoms with Gasteiger partial charge < -0.3 is 15.4 Å². The highest BCUT2D eigenvalue weighted by Gasteiger charge is 2.13. The number of halogens is 2. The van der Waals surface area contributed by atoms with E-state index in [0.29, 0.717) is 15.7 Å². The lowest BCUT2D eigenvalue weighted by molar-refractivity contribution is -0.148. The number of amides is 2. The third kappa shape index (κ3) is 7.21. The van der Waals surface area contributed by atoms with Gasteiger partial charge in [-0.3, -0.25) is 14.4 Å². The molecule has 2 rings (SSSR count). The zero-order valence-corrected chi connectivity index (χ0v) is 16.7. The van der Waals surface area contributed by atoms with Crippen molar-refractivity contribution in [1.82, 2.24) is 5.32 Å². The largest absolute Gasteiger partial charge is 0.456 e. The zero-order chi connectivity index (χ0) is 20.5. The molecule has 8 heteroatoms. The van der Waals surface area contributed by atoms with Crippen LogP contribution in [0.4, 0.5) is 5.69 Å². The third-order valence-electron chi connectivity index (χ3n) is 3.80. The smallest absolute Gasteiger partial charge is 0.306 e. The standard InChI is InChI=1S/C20H20Cl2N2O4/c1-13(14-5-3-2-4-6-14)23-18(25)9-10-20(27)28-12-19(26)24-15-7-8-16(21)17(22)11-15/h2-8,11,13H,9-10,12H2,1H3,(H,23,25)(H,24,26). The zero-order valence-electron chi connectivity index (χ0n) is 15.2. The fourth-order valence-electron chi connectivity index (χ4n) is 2.34. The van der Waals surface area contributed by atoms with Crippen molar-refractivity contribution < 1.29 is 19.1 Å². The molecule has 0 bridgehead atoms. The van der Waals surface area contributed by atoms with Crippen LogP contribution in [-0.4, -0.2) is 24.4 Å². The average Bonchev–Trinajstić information content (AvgIpc) is 2.68. The summed E-state index contributed by atoms with van der Waals surface area (Å²) in [6.07, 6.45) is -0.141. The highest BCUT2D eigenvalue weighted by molar-refractivity contribution is 6.42. The molecule has 0 aliphatic heterocycles. The van der Waals surface area contributed by atoms with Gasteiger partial charge in [0.05, 0.1) is 22.5 Å². The van der Waals surface area contributed by atoms with E-state index in [4.69, 9.17) is 27.9 Å². The number of esters is 1. The summed E-state index contributed by atoms with van der Waals surface area (Å²) >= 11 is 11.7. The first-order valence-corrected chi connectivity index (χ1v) is 9.35. The van der Waals surface area contributed by atoms with Crippen molar-refractivity contribution in [3.05, 3.63) is 64.1 Å². The van der Waals surface area contributed by atoms with Crippen molar-refractivity contribution in [1.29, 1.82) is 0 Å². The van der Waals surface area contributed by atoms with Crippen LogP contribution in [0, 0.1) is 0 Å². The molecule has 0 radical (unpaired) electrons. The molecule has 0 saturated heterocycles. The van der Waals surface area contributed by atoms with E-state index in [1.807, 2.05) is 37.3 Å². The molecule has 148 valence electrons. The molecular weight excluding hydrogens is 403 g/mol. The number of carbonyl (C=O) groups excluding carboxylic acids is 3. The van der Waals surface area contributed by atoms with Crippen LogP contribution in [-0.2, 0) is 19.1 Å². The minimum absolute atomic E-state index is 0.0234. The summed E-state index contributed by atoms with van der Waals surface area (Å²) in [6, 6.07) is 13.9. The van der Waals surface area contributed by atoms with Gasteiger partial charge in [0.1, 0.15) is 0 Å². The number of benzene rings is 2. The molecule has 0 aliphatic carbocycles. The summed E-state index contributed by atoms with van der Waals surface area (Å²) in [7, 11) is 0. The Labute approximate surface area is 173 Å². The van der Waals surface area contributed by atoms with Crippen molar-refractivity contribution >= 4 is 46.7 Å². The highest BCUT2D eigenvalue weighted by Crippen LogP contribution is 2.24. The second-order valence-electron chi connectivity index (χ2n) is 6.04. The van der Waals surface area contributed by atoms with Gasteiger partial charge in [0.15, 0.2) is 6.61 Å². The van der Waals surface area contributed by atoms with Crippen LogP contribution in [0.5, 0.6) is 0 Å². The molecule has 0 spiro atoms. The summed E-state index contributed by atoms with van der Waals surface area (Å²) in [5, 5.41) is 6.01. The van der Waals surface area contributed by atoms with E-state index in [1.165, 1.54) is 6.07 Å². The van der Waals surface area contributed by atoms with Gasteiger partial charge in [-0.15, -0.1) is 0 Å². The molecule has 0 fully saturated rings. The SMILES string of the molecule is CC(NC(=O)CCC(=O)OCC(=O)Nc1ccc(Cl)c(Cl)c1)c1ccccc1. The first kappa shape index (κ1) is 21.7. The van der Waals surface area contributed by atoms with E-state index in [1.54, 1.807) is 12.1 Å². The Bertz CT molecular complexity index is 843. The molecule has 2 N–H and O–H groups in total. The van der Waals surface area contributed by atoms with Crippen LogP contribution >= 0.6 is 23.2 Å². The van der Waals surface area contributed by atoms with Gasteiger partial charge in [0.25, 0.3) is 5.91 Å². The van der Waals surface area contributed by atoms with Gasteiger partial charge in [-0.2, -0.15) is 0 Å². The van der Waals surface area contributed by atoms with Gasteiger partial charge in [-0.1, -0.05) is 53.5 Å². The number of ether oxygens (including phenoxy) is 1. The van der Waals surface area contributed by atoms with Crippen molar-refractivity contribution in [3.8, 4) is 0 Å². The van der Waals surface area contributed by atoms with Crippen LogP contribution in [0.1, 0.15) is 31.4 Å². The monoisotopic (exact) mass is 422 g/mol. The minimum Gasteiger partial charge on any atom is -0.456 e. The minimum atomic E-state index is -0.633. The first-order valence-electron chi connectivity index (χ1n) is 8.60. The van der Waals surface area contributed by atoms with Gasteiger partial charge >= 0.3 is 5.97 Å². The van der Waals surface area contributed by atoms with Crippen LogP contribution < -0.4 is 10.6 Å². The molecule has 0 aromatic heterocycles. The number of anilines is 1. The molecule has 0 heterocycles. The molecule has 28 heavy (non-hydrogen) atoms. The lowest BCUT2D eigenvalue weighted by Crippen LogP contribution is -2.27. The summed E-state index contributed by atoms with van der Waals surface area (Å²) < 4.78 is 4.88. The van der Waals surface area contributed by atoms with Crippen LogP contribution in [0.3, 0.4) is 0 Å². The molecule has 2 aromatic rings. The molecule has 6 nitrogen and oxygen atoms in total. The Kier molecular flexibility index (Phi) is 8.29. The quantitative estimate of drug-likeness (QED) is 0.626. The summed E-state index contributed by atoms with van der Waals surface area (Å²) in [6.45, 7) is 1.40. The molecule has 1 unspecified atom stereocenters. The lowest BCUT2D eigenvalue weighted by Gasteiger charge is -2.14. The van der Waals surface area contributed by atoms with Gasteiger partial charge in [0.2, 0.25) is 5.91 Å². The van der Waals surface area contributed by atoms with Crippen molar-refractivity contribution in [3.63, 3.8) is 0 Å². The van der Waals surface area contributed by atoms with E-state index in [9.17, 15) is 14.4 Å². The molecule has 1 atom stereocenters. The van der Waals surface area contributed by atoms with Crippen LogP contribution in [0.2, 0.25) is 10.0 Å². The maximum absolute atomic E-state index is 11.9. The normalized spacial score (nSPS) is 11.4. The van der Waals surface area contributed by atoms with Gasteiger partial charge in [-0.05, 0) is 30.7 Å². The number of carbonyl (C=O) groups is 3. The second kappa shape index (κ2) is 10.7. The summed E-state index contributed by atoms with van der Waals surface area (Å²) in [5.41, 5.74) is 1.40. The fraction of sp³-hybridized carbons (Fsp3) is 0.250. The van der Waals surface area contributed by atoms with Crippen molar-refractivity contribution in [2.45, 2.75) is 25.8 Å². The third-order valence-corrected chi connectivity index (χ3v) is 4.54. The summed E-state index contributed by atoms with van der Waals surface area (Å²) in [4.78, 5) is 35.5. The number of hydrogen-bond donors (Lipinski definition) is 2. The van der Waals surface area contributed by atoms with E-state index >= 15 is 0 Å². The first-order chi connectivity index (χ1) is 13.3. The van der Waals surface area contributed by atoms with Crippen molar-refractivity contribution in [2.75, 3.05) is 11.9 Å². The molecular formula is C20H20Cl2N2O4. The Balaban J connectivity index is 1.68. The predicted octanol–water partition coefficient (Wildman–Crippen LogP) is 4.13. The maximum Gasteiger partial charge on any atom is 0.306 e. The fourth-order valence-corrected chi connectivity index (χ4v) is 2.64. The van der Waals surface area contributed by atoms with E-state index in [-0.39, 0.29) is 24.8 Å². The highest BCUT2D eigenvalue weighted by atomic mass is 35.5. The topological polar surface area (TPSA) is 84.5 Å². The molecule has 2 amide bonds. The van der Waals surface area contributed by atoms with E-state index < -0.39 is 18.5 Å². The van der Waals surface area contributed by atoms with E-state index in [2.05, 4.69) is 10.6 Å². The van der Waals surface area contributed by atoms with Gasteiger partial charge in [0, 0.05) is 12.1 Å². The Morgan fingerprint density at radius 2 is 1.68 bits per heavy atom. The Hall–Kier alpha value is -2.57. The van der Waals surface area contributed by atoms with Crippen molar-refractivity contribution in [2.24, 2.45) is 0 Å². The van der Waals surface area contributed by atoms with E-state index in [0.717, 1.165) is 5.56 Å². The maximum atomic E-state index is 11.9. The molecule has 2 aromatic carbocycles. The number of rotatable bonds is 8. The number of hydrogen-bond acceptors (Lipinski definition) is 4. The van der Waals surface area contributed by atoms with Crippen LogP contribution in [0.25, 0.3) is 0 Å². The predicted molar refractivity (Wildman–Crippen MR) is 108 cm³/mol. The van der Waals surface area contributed by atoms with Crippen LogP contribution in [0.15, 0.2) is 48.5 Å². The lowest BCUT2D eigenvalue weighted by atomic mass is 10.1. The second-order valence-corrected chi connectivity index (χ2v) is 6.85.